The lowest BCUT2D eigenvalue weighted by Crippen LogP contribution is -2.37. The molecule has 1 aliphatic heterocycles. The molecule has 3 rings (SSSR count). The maximum absolute atomic E-state index is 12.4. The van der Waals surface area contributed by atoms with Crippen LogP contribution in [-0.4, -0.2) is 41.6 Å². The molecule has 1 fully saturated rings. The van der Waals surface area contributed by atoms with Gasteiger partial charge < -0.3 is 10.1 Å². The van der Waals surface area contributed by atoms with Crippen LogP contribution < -0.4 is 10.1 Å². The van der Waals surface area contributed by atoms with Crippen LogP contribution in [0.5, 0.6) is 5.75 Å². The number of hydrogen-bond donors (Lipinski definition) is 1. The molecule has 2 aromatic carbocycles. The topological polar surface area (TPSA) is 75.7 Å². The Bertz CT molecular complexity index is 932. The molecule has 156 valence electrons. The van der Waals surface area contributed by atoms with E-state index in [0.717, 1.165) is 32.4 Å². The van der Waals surface area contributed by atoms with Gasteiger partial charge in [-0.2, -0.15) is 0 Å². The third-order valence-corrected chi connectivity index (χ3v) is 5.70. The van der Waals surface area contributed by atoms with Crippen LogP contribution in [0.25, 0.3) is 6.08 Å². The molecule has 3 amide bonds. The number of nitrogens with one attached hydrogen (secondary N) is 1. The van der Waals surface area contributed by atoms with Crippen LogP contribution >= 0.6 is 27.7 Å². The maximum Gasteiger partial charge on any atom is 0.293 e. The SMILES string of the molecule is O=C(CCCOc1ccc(Br)cc1)NCCN1C(=O)SC(=Cc2ccccc2)C1=O. The van der Waals surface area contributed by atoms with Crippen LogP contribution in [0.3, 0.4) is 0 Å². The van der Waals surface area contributed by atoms with Gasteiger partial charge in [-0.1, -0.05) is 46.3 Å². The van der Waals surface area contributed by atoms with Crippen molar-refractivity contribution in [1.82, 2.24) is 10.2 Å². The minimum Gasteiger partial charge on any atom is -0.494 e. The van der Waals surface area contributed by atoms with Crippen molar-refractivity contribution in [1.29, 1.82) is 0 Å². The second-order valence-corrected chi connectivity index (χ2v) is 8.41. The number of carbonyl (C=O) groups is 3. The third-order valence-electron chi connectivity index (χ3n) is 4.26. The molecule has 1 N–H and O–H groups in total. The normalized spacial score (nSPS) is 15.0. The Hall–Kier alpha value is -2.58. The van der Waals surface area contributed by atoms with Gasteiger partial charge in [0.15, 0.2) is 0 Å². The van der Waals surface area contributed by atoms with Gasteiger partial charge in [0.2, 0.25) is 5.91 Å². The number of nitrogens with zero attached hydrogens (tertiary/aromatic N) is 1. The zero-order valence-electron chi connectivity index (χ0n) is 16.2. The number of carbonyl (C=O) groups excluding carboxylic acids is 3. The number of thioether (sulfide) groups is 1. The average Bonchev–Trinajstić information content (AvgIpc) is 3.00. The molecule has 0 radical (unpaired) electrons. The summed E-state index contributed by atoms with van der Waals surface area (Å²) in [6.45, 7) is 0.809. The van der Waals surface area contributed by atoms with E-state index in [0.29, 0.717) is 24.4 Å². The molecule has 30 heavy (non-hydrogen) atoms. The number of amides is 3. The van der Waals surface area contributed by atoms with Crippen molar-refractivity contribution in [3.8, 4) is 5.75 Å². The summed E-state index contributed by atoms with van der Waals surface area (Å²) in [7, 11) is 0. The molecule has 0 aromatic heterocycles. The van der Waals surface area contributed by atoms with E-state index in [2.05, 4.69) is 21.2 Å². The predicted molar refractivity (Wildman–Crippen MR) is 121 cm³/mol. The van der Waals surface area contributed by atoms with Gasteiger partial charge in [0, 0.05) is 24.0 Å². The largest absolute Gasteiger partial charge is 0.494 e. The zero-order valence-corrected chi connectivity index (χ0v) is 18.6. The van der Waals surface area contributed by atoms with E-state index in [9.17, 15) is 14.4 Å². The lowest BCUT2D eigenvalue weighted by atomic mass is 10.2. The Labute approximate surface area is 187 Å². The van der Waals surface area contributed by atoms with Crippen molar-refractivity contribution >= 4 is 50.8 Å². The van der Waals surface area contributed by atoms with Crippen molar-refractivity contribution < 1.29 is 19.1 Å². The summed E-state index contributed by atoms with van der Waals surface area (Å²) in [6, 6.07) is 16.9. The van der Waals surface area contributed by atoms with Gasteiger partial charge in [-0.15, -0.1) is 0 Å². The van der Waals surface area contributed by atoms with Gasteiger partial charge in [-0.3, -0.25) is 19.3 Å². The van der Waals surface area contributed by atoms with E-state index in [1.165, 1.54) is 0 Å². The first kappa shape index (κ1) is 22.1. The van der Waals surface area contributed by atoms with E-state index >= 15 is 0 Å². The summed E-state index contributed by atoms with van der Waals surface area (Å²) in [5.41, 5.74) is 0.863. The average molecular weight is 489 g/mol. The first-order valence-corrected chi connectivity index (χ1v) is 11.1. The van der Waals surface area contributed by atoms with Crippen LogP contribution in [0.15, 0.2) is 64.0 Å². The molecule has 1 heterocycles. The molecule has 2 aromatic rings. The molecule has 8 heteroatoms. The molecule has 0 spiro atoms. The van der Waals surface area contributed by atoms with Gasteiger partial charge in [0.05, 0.1) is 11.5 Å². The van der Waals surface area contributed by atoms with E-state index in [4.69, 9.17) is 4.74 Å². The fourth-order valence-electron chi connectivity index (χ4n) is 2.74. The lowest BCUT2D eigenvalue weighted by Gasteiger charge is -2.13. The first-order valence-electron chi connectivity index (χ1n) is 9.48. The second kappa shape index (κ2) is 11.0. The van der Waals surface area contributed by atoms with Crippen molar-refractivity contribution in [2.24, 2.45) is 0 Å². The summed E-state index contributed by atoms with van der Waals surface area (Å²) >= 11 is 4.28. The number of ether oxygens (including phenoxy) is 1. The Morgan fingerprint density at radius 3 is 2.57 bits per heavy atom. The van der Waals surface area contributed by atoms with Crippen molar-refractivity contribution in [2.45, 2.75) is 12.8 Å². The second-order valence-electron chi connectivity index (χ2n) is 6.50. The van der Waals surface area contributed by atoms with Crippen molar-refractivity contribution in [3.05, 3.63) is 69.5 Å². The summed E-state index contributed by atoms with van der Waals surface area (Å²) in [6.07, 6.45) is 2.59. The highest BCUT2D eigenvalue weighted by atomic mass is 79.9. The molecule has 0 aliphatic carbocycles. The molecule has 0 saturated carbocycles. The van der Waals surface area contributed by atoms with E-state index in [1.807, 2.05) is 54.6 Å². The predicted octanol–water partition coefficient (Wildman–Crippen LogP) is 4.46. The highest BCUT2D eigenvalue weighted by Gasteiger charge is 2.34. The van der Waals surface area contributed by atoms with Crippen LogP contribution in [0, 0.1) is 0 Å². The van der Waals surface area contributed by atoms with Gasteiger partial charge in [0.1, 0.15) is 5.75 Å². The van der Waals surface area contributed by atoms with Gasteiger partial charge in [0.25, 0.3) is 11.1 Å². The van der Waals surface area contributed by atoms with E-state index in [-0.39, 0.29) is 30.1 Å². The third kappa shape index (κ3) is 6.47. The quantitative estimate of drug-likeness (QED) is 0.416. The molecule has 1 saturated heterocycles. The summed E-state index contributed by atoms with van der Waals surface area (Å²) in [4.78, 5) is 38.1. The molecular weight excluding hydrogens is 468 g/mol. The fourth-order valence-corrected chi connectivity index (χ4v) is 3.87. The monoisotopic (exact) mass is 488 g/mol. The molecule has 6 nitrogen and oxygen atoms in total. The van der Waals surface area contributed by atoms with E-state index in [1.54, 1.807) is 6.08 Å². The van der Waals surface area contributed by atoms with Crippen LogP contribution in [0.1, 0.15) is 18.4 Å². The minimum absolute atomic E-state index is 0.138. The molecule has 1 aliphatic rings. The lowest BCUT2D eigenvalue weighted by molar-refractivity contribution is -0.124. The number of benzene rings is 2. The zero-order chi connectivity index (χ0) is 21.3. The van der Waals surface area contributed by atoms with Gasteiger partial charge in [-0.05, 0) is 54.1 Å². The van der Waals surface area contributed by atoms with Gasteiger partial charge in [-0.25, -0.2) is 0 Å². The van der Waals surface area contributed by atoms with E-state index < -0.39 is 0 Å². The Morgan fingerprint density at radius 2 is 1.83 bits per heavy atom. The number of imide groups is 1. The number of hydrogen-bond acceptors (Lipinski definition) is 5. The van der Waals surface area contributed by atoms with Crippen LogP contribution in [0.4, 0.5) is 4.79 Å². The highest BCUT2D eigenvalue weighted by Crippen LogP contribution is 2.31. The molecular formula is C22H21BrN2O4S. The fraction of sp³-hybridized carbons (Fsp3) is 0.227. The first-order chi connectivity index (χ1) is 14.5. The molecule has 0 bridgehead atoms. The number of rotatable bonds is 9. The maximum atomic E-state index is 12.4. The standard InChI is InChI=1S/C22H21BrN2O4S/c23-17-8-10-18(11-9-17)29-14-4-7-20(26)24-12-13-25-21(27)19(30-22(25)28)15-16-5-2-1-3-6-16/h1-3,5-6,8-11,15H,4,7,12-14H2,(H,24,26). The minimum atomic E-state index is -0.328. The Kier molecular flexibility index (Phi) is 8.10. The summed E-state index contributed by atoms with van der Waals surface area (Å²) in [5.74, 6) is 0.286. The van der Waals surface area contributed by atoms with Gasteiger partial charge >= 0.3 is 0 Å². The summed E-state index contributed by atoms with van der Waals surface area (Å²) in [5, 5.41) is 2.43. The smallest absolute Gasteiger partial charge is 0.293 e. The van der Waals surface area contributed by atoms with Crippen LogP contribution in [-0.2, 0) is 9.59 Å². The van der Waals surface area contributed by atoms with Crippen molar-refractivity contribution in [2.75, 3.05) is 19.7 Å². The van der Waals surface area contributed by atoms with Crippen molar-refractivity contribution in [3.63, 3.8) is 0 Å². The summed E-state index contributed by atoms with van der Waals surface area (Å²) < 4.78 is 6.56. The molecule has 0 unspecified atom stereocenters. The van der Waals surface area contributed by atoms with Crippen LogP contribution in [0.2, 0.25) is 0 Å². The molecule has 0 atom stereocenters. The number of halogens is 1. The Morgan fingerprint density at radius 1 is 1.10 bits per heavy atom. The highest BCUT2D eigenvalue weighted by molar-refractivity contribution is 9.10. The Balaban J connectivity index is 1.36.